The maximum atomic E-state index is 13.6. The van der Waals surface area contributed by atoms with Crippen molar-refractivity contribution in [2.75, 3.05) is 13.2 Å². The Labute approximate surface area is 117 Å². The third-order valence-electron chi connectivity index (χ3n) is 3.74. The van der Waals surface area contributed by atoms with Crippen LogP contribution in [0.4, 0.5) is 8.78 Å². The molecule has 2 N–H and O–H groups in total. The first-order valence-corrected chi connectivity index (χ1v) is 6.87. The molecule has 0 heterocycles. The summed E-state index contributed by atoms with van der Waals surface area (Å²) in [5.74, 6) is -1.85. The highest BCUT2D eigenvalue weighted by Gasteiger charge is 2.46. The summed E-state index contributed by atoms with van der Waals surface area (Å²) in [7, 11) is 0. The van der Waals surface area contributed by atoms with Gasteiger partial charge in [0.05, 0.1) is 0 Å². The molecule has 1 aliphatic carbocycles. The first-order chi connectivity index (χ1) is 9.54. The average Bonchev–Trinajstić information content (AvgIpc) is 3.16. The van der Waals surface area contributed by atoms with Gasteiger partial charge in [-0.1, -0.05) is 13.0 Å². The standard InChI is InChI=1S/C15H19F2NO2/c1-9(5-6-19)8-18-15(20)11-7-10(11)14-12(16)3-2-4-13(14)17/h2-4,9-11,19H,5-8H2,1H3,(H,18,20). The molecule has 1 amide bonds. The molecule has 5 heteroatoms. The van der Waals surface area contributed by atoms with Crippen LogP contribution in [0.2, 0.25) is 0 Å². The van der Waals surface area contributed by atoms with Gasteiger partial charge in [0.2, 0.25) is 5.91 Å². The number of carbonyl (C=O) groups is 1. The van der Waals surface area contributed by atoms with Crippen LogP contribution in [0.5, 0.6) is 0 Å². The van der Waals surface area contributed by atoms with E-state index in [4.69, 9.17) is 5.11 Å². The van der Waals surface area contributed by atoms with Gasteiger partial charge >= 0.3 is 0 Å². The van der Waals surface area contributed by atoms with Crippen LogP contribution >= 0.6 is 0 Å². The minimum atomic E-state index is -0.584. The summed E-state index contributed by atoms with van der Waals surface area (Å²) in [5.41, 5.74) is 0.0241. The van der Waals surface area contributed by atoms with E-state index in [9.17, 15) is 13.6 Å². The fraction of sp³-hybridized carbons (Fsp3) is 0.533. The zero-order chi connectivity index (χ0) is 14.7. The number of benzene rings is 1. The summed E-state index contributed by atoms with van der Waals surface area (Å²) in [6.07, 6.45) is 1.11. The lowest BCUT2D eigenvalue weighted by molar-refractivity contribution is -0.122. The third kappa shape index (κ3) is 3.33. The smallest absolute Gasteiger partial charge is 0.223 e. The second-order valence-electron chi connectivity index (χ2n) is 5.45. The summed E-state index contributed by atoms with van der Waals surface area (Å²) in [5, 5.41) is 11.6. The molecule has 1 aromatic carbocycles. The first-order valence-electron chi connectivity index (χ1n) is 6.87. The molecule has 1 saturated carbocycles. The van der Waals surface area contributed by atoms with Gasteiger partial charge in [-0.25, -0.2) is 8.78 Å². The van der Waals surface area contributed by atoms with Crippen LogP contribution in [0.3, 0.4) is 0 Å². The van der Waals surface area contributed by atoms with Crippen molar-refractivity contribution in [3.63, 3.8) is 0 Å². The second kappa shape index (κ2) is 6.31. The van der Waals surface area contributed by atoms with E-state index in [-0.39, 0.29) is 35.8 Å². The van der Waals surface area contributed by atoms with Gasteiger partial charge in [-0.2, -0.15) is 0 Å². The van der Waals surface area contributed by atoms with Gasteiger partial charge in [0.15, 0.2) is 0 Å². The van der Waals surface area contributed by atoms with Gasteiger partial charge in [-0.05, 0) is 30.9 Å². The van der Waals surface area contributed by atoms with Gasteiger partial charge in [0, 0.05) is 30.6 Å². The van der Waals surface area contributed by atoms with E-state index >= 15 is 0 Å². The van der Waals surface area contributed by atoms with E-state index in [1.807, 2.05) is 6.92 Å². The molecule has 1 aromatic rings. The molecule has 0 aromatic heterocycles. The van der Waals surface area contributed by atoms with Crippen molar-refractivity contribution in [2.45, 2.75) is 25.7 Å². The van der Waals surface area contributed by atoms with Gasteiger partial charge in [-0.15, -0.1) is 0 Å². The maximum Gasteiger partial charge on any atom is 0.223 e. The minimum absolute atomic E-state index is 0.0241. The van der Waals surface area contributed by atoms with Gasteiger partial charge < -0.3 is 10.4 Å². The molecule has 0 aliphatic heterocycles. The van der Waals surface area contributed by atoms with E-state index in [0.717, 1.165) is 0 Å². The topological polar surface area (TPSA) is 49.3 Å². The maximum absolute atomic E-state index is 13.6. The molecule has 0 bridgehead atoms. The van der Waals surface area contributed by atoms with Crippen LogP contribution in [0.25, 0.3) is 0 Å². The number of nitrogens with one attached hydrogen (secondary N) is 1. The van der Waals surface area contributed by atoms with Crippen molar-refractivity contribution < 1.29 is 18.7 Å². The number of carbonyl (C=O) groups excluding carboxylic acids is 1. The van der Waals surface area contributed by atoms with Crippen LogP contribution < -0.4 is 5.32 Å². The van der Waals surface area contributed by atoms with Gasteiger partial charge in [0.25, 0.3) is 0 Å². The quantitative estimate of drug-likeness (QED) is 0.841. The van der Waals surface area contributed by atoms with Crippen molar-refractivity contribution in [1.82, 2.24) is 5.32 Å². The van der Waals surface area contributed by atoms with Gasteiger partial charge in [0.1, 0.15) is 11.6 Å². The summed E-state index contributed by atoms with van der Waals surface area (Å²) < 4.78 is 27.2. The van der Waals surface area contributed by atoms with Crippen LogP contribution in [0, 0.1) is 23.5 Å². The molecule has 3 atom stereocenters. The van der Waals surface area contributed by atoms with Crippen molar-refractivity contribution in [1.29, 1.82) is 0 Å². The van der Waals surface area contributed by atoms with Gasteiger partial charge in [-0.3, -0.25) is 4.79 Å². The lowest BCUT2D eigenvalue weighted by atomic mass is 10.1. The molecular weight excluding hydrogens is 264 g/mol. The molecule has 0 spiro atoms. The summed E-state index contributed by atoms with van der Waals surface area (Å²) in [4.78, 5) is 11.9. The van der Waals surface area contributed by atoms with Crippen LogP contribution in [0.1, 0.15) is 31.2 Å². The Morgan fingerprint density at radius 1 is 1.45 bits per heavy atom. The monoisotopic (exact) mass is 283 g/mol. The van der Waals surface area contributed by atoms with Crippen molar-refractivity contribution in [3.8, 4) is 0 Å². The van der Waals surface area contributed by atoms with Crippen molar-refractivity contribution >= 4 is 5.91 Å². The fourth-order valence-electron chi connectivity index (χ4n) is 2.40. The summed E-state index contributed by atoms with van der Waals surface area (Å²) in [6.45, 7) is 2.49. The number of hydrogen-bond donors (Lipinski definition) is 2. The molecule has 3 unspecified atom stereocenters. The molecule has 1 aliphatic rings. The highest BCUT2D eigenvalue weighted by Crippen LogP contribution is 2.49. The lowest BCUT2D eigenvalue weighted by Crippen LogP contribution is -2.30. The number of aliphatic hydroxyl groups excluding tert-OH is 1. The molecule has 3 nitrogen and oxygen atoms in total. The largest absolute Gasteiger partial charge is 0.396 e. The number of amides is 1. The van der Waals surface area contributed by atoms with Crippen molar-refractivity contribution in [3.05, 3.63) is 35.4 Å². The molecular formula is C15H19F2NO2. The molecule has 110 valence electrons. The van der Waals surface area contributed by atoms with E-state index in [2.05, 4.69) is 5.32 Å². The van der Waals surface area contributed by atoms with Crippen LogP contribution in [-0.4, -0.2) is 24.2 Å². The predicted molar refractivity (Wildman–Crippen MR) is 71.1 cm³/mol. The highest BCUT2D eigenvalue weighted by atomic mass is 19.1. The second-order valence-corrected chi connectivity index (χ2v) is 5.45. The Balaban J connectivity index is 1.90. The molecule has 0 radical (unpaired) electrons. The number of aliphatic hydroxyl groups is 1. The van der Waals surface area contributed by atoms with E-state index < -0.39 is 11.6 Å². The summed E-state index contributed by atoms with van der Waals surface area (Å²) >= 11 is 0. The molecule has 1 fully saturated rings. The zero-order valence-corrected chi connectivity index (χ0v) is 11.4. The Morgan fingerprint density at radius 2 is 2.10 bits per heavy atom. The van der Waals surface area contributed by atoms with E-state index in [0.29, 0.717) is 19.4 Å². The van der Waals surface area contributed by atoms with E-state index in [1.165, 1.54) is 18.2 Å². The SMILES string of the molecule is CC(CCO)CNC(=O)C1CC1c1c(F)cccc1F. The number of hydrogen-bond acceptors (Lipinski definition) is 2. The van der Waals surface area contributed by atoms with Crippen molar-refractivity contribution in [2.24, 2.45) is 11.8 Å². The minimum Gasteiger partial charge on any atom is -0.396 e. The van der Waals surface area contributed by atoms with Crippen LogP contribution in [-0.2, 0) is 4.79 Å². The molecule has 0 saturated heterocycles. The molecule has 20 heavy (non-hydrogen) atoms. The number of rotatable bonds is 6. The Kier molecular flexibility index (Phi) is 4.70. The first kappa shape index (κ1) is 14.9. The molecule has 2 rings (SSSR count). The lowest BCUT2D eigenvalue weighted by Gasteiger charge is -2.11. The van der Waals surface area contributed by atoms with Crippen LogP contribution in [0.15, 0.2) is 18.2 Å². The normalized spacial score (nSPS) is 22.4. The Bertz CT molecular complexity index is 473. The Morgan fingerprint density at radius 3 is 2.70 bits per heavy atom. The average molecular weight is 283 g/mol. The zero-order valence-electron chi connectivity index (χ0n) is 11.4. The third-order valence-corrected chi connectivity index (χ3v) is 3.74. The number of halogens is 2. The predicted octanol–water partition coefficient (Wildman–Crippen LogP) is 2.20. The highest BCUT2D eigenvalue weighted by molar-refractivity contribution is 5.82. The Hall–Kier alpha value is -1.49. The fourth-order valence-corrected chi connectivity index (χ4v) is 2.40. The van der Waals surface area contributed by atoms with E-state index in [1.54, 1.807) is 0 Å². The summed E-state index contributed by atoms with van der Waals surface area (Å²) in [6, 6.07) is 3.76.